The molecule has 0 aromatic heterocycles. The number of hydrogen-bond donors (Lipinski definition) is 2. The van der Waals surface area contributed by atoms with Crippen molar-refractivity contribution in [3.63, 3.8) is 0 Å². The third kappa shape index (κ3) is 5.54. The number of benzene rings is 5. The van der Waals surface area contributed by atoms with E-state index in [1.807, 2.05) is 25.2 Å². The standard InChI is InChI=1S/C38H34N2/c1-2-3-18-36(39)35-23-32(31-20-19-27-12-10-11-17-30(27)21-31)22-33(24-35)34-25-37(28-13-6-4-7-14-28)40-38(26-34)29-15-8-5-9-16-29/h2-25,37-38,40H,26,39H2,1H3/b3-2-,36-18-. The normalized spacial score (nSPS) is 17.7. The summed E-state index contributed by atoms with van der Waals surface area (Å²) in [5, 5.41) is 6.37. The topological polar surface area (TPSA) is 38.0 Å². The van der Waals surface area contributed by atoms with Gasteiger partial charge in [-0.1, -0.05) is 115 Å². The van der Waals surface area contributed by atoms with Crippen LogP contribution in [0.5, 0.6) is 0 Å². The summed E-state index contributed by atoms with van der Waals surface area (Å²) in [6, 6.07) is 43.8. The van der Waals surface area contributed by atoms with Crippen LogP contribution in [0.15, 0.2) is 146 Å². The van der Waals surface area contributed by atoms with E-state index >= 15 is 0 Å². The van der Waals surface area contributed by atoms with Crippen LogP contribution in [0.1, 0.15) is 47.7 Å². The van der Waals surface area contributed by atoms with Gasteiger partial charge >= 0.3 is 0 Å². The highest BCUT2D eigenvalue weighted by Gasteiger charge is 2.25. The van der Waals surface area contributed by atoms with Gasteiger partial charge < -0.3 is 5.73 Å². The second-order valence-electron chi connectivity index (χ2n) is 10.4. The summed E-state index contributed by atoms with van der Waals surface area (Å²) in [4.78, 5) is 0. The third-order valence-corrected chi connectivity index (χ3v) is 7.72. The van der Waals surface area contributed by atoms with Crippen molar-refractivity contribution in [1.29, 1.82) is 0 Å². The first kappa shape index (κ1) is 25.6. The Balaban J connectivity index is 1.49. The quantitative estimate of drug-likeness (QED) is 0.220. The summed E-state index contributed by atoms with van der Waals surface area (Å²) < 4.78 is 0. The van der Waals surface area contributed by atoms with Crippen LogP contribution in [0.25, 0.3) is 33.2 Å². The molecule has 2 unspecified atom stereocenters. The molecular weight excluding hydrogens is 484 g/mol. The van der Waals surface area contributed by atoms with Gasteiger partial charge in [-0.25, -0.2) is 0 Å². The summed E-state index contributed by atoms with van der Waals surface area (Å²) in [6.07, 6.45) is 9.28. The average molecular weight is 519 g/mol. The molecular formula is C38H34N2. The van der Waals surface area contributed by atoms with E-state index in [9.17, 15) is 0 Å². The lowest BCUT2D eigenvalue weighted by atomic mass is 9.85. The molecule has 1 aliphatic rings. The number of rotatable bonds is 6. The van der Waals surface area contributed by atoms with Crippen molar-refractivity contribution in [2.24, 2.45) is 5.73 Å². The van der Waals surface area contributed by atoms with E-state index in [0.29, 0.717) is 0 Å². The van der Waals surface area contributed by atoms with Crippen molar-refractivity contribution in [3.8, 4) is 11.1 Å². The summed E-state index contributed by atoms with van der Waals surface area (Å²) in [6.45, 7) is 2.01. The Hall–Kier alpha value is -4.66. The zero-order valence-electron chi connectivity index (χ0n) is 22.8. The van der Waals surface area contributed by atoms with E-state index in [4.69, 9.17) is 5.73 Å². The zero-order valence-corrected chi connectivity index (χ0v) is 22.8. The van der Waals surface area contributed by atoms with Gasteiger partial charge in [0.25, 0.3) is 0 Å². The molecule has 0 amide bonds. The monoisotopic (exact) mass is 518 g/mol. The minimum Gasteiger partial charge on any atom is -0.398 e. The van der Waals surface area contributed by atoms with Gasteiger partial charge in [0, 0.05) is 11.7 Å². The van der Waals surface area contributed by atoms with E-state index in [2.05, 4.69) is 133 Å². The van der Waals surface area contributed by atoms with Gasteiger partial charge in [-0.3, -0.25) is 5.32 Å². The van der Waals surface area contributed by atoms with Gasteiger partial charge in [0.1, 0.15) is 0 Å². The summed E-state index contributed by atoms with van der Waals surface area (Å²) in [5.41, 5.74) is 15.9. The van der Waals surface area contributed by atoms with Gasteiger partial charge in [-0.15, -0.1) is 0 Å². The van der Waals surface area contributed by atoms with Crippen LogP contribution in [-0.2, 0) is 0 Å². The second-order valence-corrected chi connectivity index (χ2v) is 10.4. The van der Waals surface area contributed by atoms with E-state index in [1.54, 1.807) is 0 Å². The van der Waals surface area contributed by atoms with Crippen molar-refractivity contribution in [1.82, 2.24) is 5.32 Å². The summed E-state index contributed by atoms with van der Waals surface area (Å²) in [5.74, 6) is 0. The molecule has 5 aromatic rings. The van der Waals surface area contributed by atoms with Crippen LogP contribution in [0.4, 0.5) is 0 Å². The Morgan fingerprint density at radius 1 is 0.700 bits per heavy atom. The molecule has 2 atom stereocenters. The number of nitrogens with two attached hydrogens (primary N) is 1. The highest BCUT2D eigenvalue weighted by atomic mass is 15.0. The van der Waals surface area contributed by atoms with Crippen molar-refractivity contribution in [2.45, 2.75) is 25.4 Å². The smallest absolute Gasteiger partial charge is 0.0517 e. The summed E-state index contributed by atoms with van der Waals surface area (Å²) >= 11 is 0. The molecule has 2 heteroatoms. The molecule has 6 rings (SSSR count). The first-order valence-corrected chi connectivity index (χ1v) is 14.0. The maximum Gasteiger partial charge on any atom is 0.0517 e. The van der Waals surface area contributed by atoms with Crippen LogP contribution < -0.4 is 11.1 Å². The molecule has 1 aliphatic heterocycles. The van der Waals surface area contributed by atoms with E-state index in [1.165, 1.54) is 44.2 Å². The molecule has 0 spiro atoms. The fraction of sp³-hybridized carbons (Fsp3) is 0.105. The molecule has 40 heavy (non-hydrogen) atoms. The van der Waals surface area contributed by atoms with Gasteiger partial charge in [-0.2, -0.15) is 0 Å². The van der Waals surface area contributed by atoms with E-state index in [-0.39, 0.29) is 12.1 Å². The Morgan fingerprint density at radius 3 is 2.12 bits per heavy atom. The number of allylic oxidation sites excluding steroid dienone is 3. The maximum absolute atomic E-state index is 6.63. The lowest BCUT2D eigenvalue weighted by Gasteiger charge is -2.32. The molecule has 2 nitrogen and oxygen atoms in total. The molecule has 5 aromatic carbocycles. The van der Waals surface area contributed by atoms with Crippen molar-refractivity contribution in [3.05, 3.63) is 168 Å². The van der Waals surface area contributed by atoms with Gasteiger partial charge in [0.05, 0.1) is 6.04 Å². The first-order valence-electron chi connectivity index (χ1n) is 14.0. The van der Waals surface area contributed by atoms with Crippen LogP contribution in [0.2, 0.25) is 0 Å². The van der Waals surface area contributed by atoms with Gasteiger partial charge in [0.2, 0.25) is 0 Å². The molecule has 3 N–H and O–H groups in total. The van der Waals surface area contributed by atoms with Crippen LogP contribution in [0.3, 0.4) is 0 Å². The Morgan fingerprint density at radius 2 is 1.38 bits per heavy atom. The fourth-order valence-corrected chi connectivity index (χ4v) is 5.59. The predicted octanol–water partition coefficient (Wildman–Crippen LogP) is 9.24. The van der Waals surface area contributed by atoms with Crippen LogP contribution >= 0.6 is 0 Å². The average Bonchev–Trinajstić information content (AvgIpc) is 3.03. The maximum atomic E-state index is 6.63. The minimum absolute atomic E-state index is 0.110. The molecule has 0 bridgehead atoms. The molecule has 196 valence electrons. The highest BCUT2D eigenvalue weighted by molar-refractivity contribution is 5.88. The Bertz CT molecular complexity index is 1710. The molecule has 1 heterocycles. The molecule has 0 saturated carbocycles. The number of nitrogens with one attached hydrogen (secondary N) is 1. The SMILES string of the molecule is C/C=C\C=C(/N)c1cc(C2=CC(c3ccccc3)NC(c3ccccc3)C2)cc(-c2ccc3ccccc3c2)c1. The first-order chi connectivity index (χ1) is 19.7. The predicted molar refractivity (Wildman–Crippen MR) is 170 cm³/mol. The molecule has 0 fully saturated rings. The largest absolute Gasteiger partial charge is 0.398 e. The Kier molecular flexibility index (Phi) is 7.43. The second kappa shape index (κ2) is 11.6. The van der Waals surface area contributed by atoms with Crippen LogP contribution in [0, 0.1) is 0 Å². The molecule has 0 radical (unpaired) electrons. The van der Waals surface area contributed by atoms with Crippen molar-refractivity contribution >= 4 is 22.0 Å². The van der Waals surface area contributed by atoms with Crippen molar-refractivity contribution in [2.75, 3.05) is 0 Å². The fourth-order valence-electron chi connectivity index (χ4n) is 5.59. The number of fused-ring (bicyclic) bond motifs is 1. The van der Waals surface area contributed by atoms with Crippen LogP contribution in [-0.4, -0.2) is 0 Å². The lowest BCUT2D eigenvalue weighted by Crippen LogP contribution is -2.29. The van der Waals surface area contributed by atoms with Gasteiger partial charge in [-0.05, 0) is 93.4 Å². The number of hydrogen-bond acceptors (Lipinski definition) is 2. The van der Waals surface area contributed by atoms with Gasteiger partial charge in [0.15, 0.2) is 0 Å². The molecule has 0 aliphatic carbocycles. The minimum atomic E-state index is 0.110. The van der Waals surface area contributed by atoms with E-state index in [0.717, 1.165) is 17.7 Å². The Labute approximate surface area is 237 Å². The van der Waals surface area contributed by atoms with E-state index < -0.39 is 0 Å². The lowest BCUT2D eigenvalue weighted by molar-refractivity contribution is 0.483. The third-order valence-electron chi connectivity index (χ3n) is 7.72. The highest BCUT2D eigenvalue weighted by Crippen LogP contribution is 2.39. The molecule has 0 saturated heterocycles. The summed E-state index contributed by atoms with van der Waals surface area (Å²) in [7, 11) is 0. The zero-order chi connectivity index (χ0) is 27.3. The van der Waals surface area contributed by atoms with Crippen molar-refractivity contribution < 1.29 is 0 Å².